The lowest BCUT2D eigenvalue weighted by Gasteiger charge is -2.01. The first-order chi connectivity index (χ1) is 14.1. The Bertz CT molecular complexity index is 1010. The standard InChI is InChI=1S/C22H19NO5S/c1-26-19-10-8-16(9-11-19)21-23-18(14-29-21)13-28-20(24)12-5-15-3-6-17(7-4-15)22(25)27-2/h3-12,14H,13H2,1-2H3/b12-5+. The van der Waals surface area contributed by atoms with Crippen molar-refractivity contribution in [1.82, 2.24) is 4.98 Å². The number of rotatable bonds is 7. The fourth-order valence-corrected chi connectivity index (χ4v) is 3.26. The van der Waals surface area contributed by atoms with Crippen LogP contribution in [0.5, 0.6) is 5.75 Å². The third kappa shape index (κ3) is 5.52. The van der Waals surface area contributed by atoms with Crippen molar-refractivity contribution in [2.75, 3.05) is 14.2 Å². The number of methoxy groups -OCH3 is 2. The van der Waals surface area contributed by atoms with Gasteiger partial charge in [0.2, 0.25) is 0 Å². The van der Waals surface area contributed by atoms with Crippen molar-refractivity contribution in [1.29, 1.82) is 0 Å². The van der Waals surface area contributed by atoms with Gasteiger partial charge in [0.25, 0.3) is 0 Å². The highest BCUT2D eigenvalue weighted by atomic mass is 32.1. The number of benzene rings is 2. The molecule has 7 heteroatoms. The second-order valence-corrected chi connectivity index (χ2v) is 6.79. The molecule has 0 amide bonds. The fraction of sp³-hybridized carbons (Fsp3) is 0.136. The molecule has 1 heterocycles. The second kappa shape index (κ2) is 9.66. The number of esters is 2. The van der Waals surface area contributed by atoms with E-state index in [0.717, 1.165) is 21.9 Å². The number of nitrogens with zero attached hydrogens (tertiary/aromatic N) is 1. The van der Waals surface area contributed by atoms with Gasteiger partial charge in [0.05, 0.1) is 25.5 Å². The first-order valence-corrected chi connectivity index (χ1v) is 9.59. The van der Waals surface area contributed by atoms with Crippen LogP contribution in [0, 0.1) is 0 Å². The van der Waals surface area contributed by atoms with Gasteiger partial charge < -0.3 is 14.2 Å². The number of aromatic nitrogens is 1. The summed E-state index contributed by atoms with van der Waals surface area (Å²) < 4.78 is 15.0. The third-order valence-corrected chi connectivity index (χ3v) is 4.93. The number of carbonyl (C=O) groups excluding carboxylic acids is 2. The summed E-state index contributed by atoms with van der Waals surface area (Å²) in [6, 6.07) is 14.3. The predicted molar refractivity (Wildman–Crippen MR) is 111 cm³/mol. The lowest BCUT2D eigenvalue weighted by Crippen LogP contribution is -2.01. The predicted octanol–water partition coefficient (Wildman–Crippen LogP) is 4.36. The molecule has 0 aliphatic carbocycles. The molecule has 0 bridgehead atoms. The van der Waals surface area contributed by atoms with E-state index in [1.807, 2.05) is 29.6 Å². The van der Waals surface area contributed by atoms with E-state index in [0.29, 0.717) is 11.3 Å². The third-order valence-electron chi connectivity index (χ3n) is 3.99. The number of hydrogen-bond acceptors (Lipinski definition) is 7. The Hall–Kier alpha value is -3.45. The lowest BCUT2D eigenvalue weighted by molar-refractivity contribution is -0.139. The quantitative estimate of drug-likeness (QED) is 0.426. The zero-order valence-corrected chi connectivity index (χ0v) is 16.8. The zero-order chi connectivity index (χ0) is 20.6. The smallest absolute Gasteiger partial charge is 0.337 e. The molecular weight excluding hydrogens is 390 g/mol. The van der Waals surface area contributed by atoms with E-state index < -0.39 is 11.9 Å². The Morgan fingerprint density at radius 1 is 1.03 bits per heavy atom. The number of carbonyl (C=O) groups is 2. The van der Waals surface area contributed by atoms with Crippen LogP contribution in [0.4, 0.5) is 0 Å². The van der Waals surface area contributed by atoms with Gasteiger partial charge in [-0.05, 0) is 48.0 Å². The van der Waals surface area contributed by atoms with E-state index in [1.165, 1.54) is 24.5 Å². The molecule has 3 aromatic rings. The van der Waals surface area contributed by atoms with Crippen LogP contribution in [-0.2, 0) is 20.9 Å². The summed E-state index contributed by atoms with van der Waals surface area (Å²) in [4.78, 5) is 27.8. The minimum absolute atomic E-state index is 0.0944. The van der Waals surface area contributed by atoms with E-state index in [1.54, 1.807) is 37.5 Å². The summed E-state index contributed by atoms with van der Waals surface area (Å²) in [5, 5.41) is 2.71. The van der Waals surface area contributed by atoms with Crippen LogP contribution in [0.1, 0.15) is 21.6 Å². The van der Waals surface area contributed by atoms with Crippen molar-refractivity contribution in [2.45, 2.75) is 6.61 Å². The van der Waals surface area contributed by atoms with Crippen LogP contribution in [0.15, 0.2) is 60.0 Å². The van der Waals surface area contributed by atoms with Crippen LogP contribution in [-0.4, -0.2) is 31.1 Å². The Kier molecular flexibility index (Phi) is 6.76. The van der Waals surface area contributed by atoms with Crippen LogP contribution < -0.4 is 4.74 Å². The van der Waals surface area contributed by atoms with E-state index in [-0.39, 0.29) is 6.61 Å². The average molecular weight is 409 g/mol. The fourth-order valence-electron chi connectivity index (χ4n) is 2.45. The highest BCUT2D eigenvalue weighted by Gasteiger charge is 2.07. The van der Waals surface area contributed by atoms with Gasteiger partial charge >= 0.3 is 11.9 Å². The summed E-state index contributed by atoms with van der Waals surface area (Å²) in [5.41, 5.74) is 2.88. The van der Waals surface area contributed by atoms with Crippen molar-refractivity contribution in [3.8, 4) is 16.3 Å². The topological polar surface area (TPSA) is 74.7 Å². The molecule has 0 fully saturated rings. The summed E-state index contributed by atoms with van der Waals surface area (Å²) >= 11 is 1.48. The minimum atomic E-state index is -0.471. The summed E-state index contributed by atoms with van der Waals surface area (Å²) in [5.74, 6) is -0.0931. The molecule has 0 saturated heterocycles. The normalized spacial score (nSPS) is 10.7. The molecule has 0 radical (unpaired) electrons. The maximum atomic E-state index is 11.9. The van der Waals surface area contributed by atoms with Crippen LogP contribution in [0.2, 0.25) is 0 Å². The molecule has 0 aliphatic heterocycles. The van der Waals surface area contributed by atoms with Gasteiger partial charge in [-0.25, -0.2) is 14.6 Å². The first kappa shape index (κ1) is 20.3. The van der Waals surface area contributed by atoms with E-state index in [4.69, 9.17) is 9.47 Å². The van der Waals surface area contributed by atoms with Crippen molar-refractivity contribution < 1.29 is 23.8 Å². The van der Waals surface area contributed by atoms with Crippen LogP contribution >= 0.6 is 11.3 Å². The van der Waals surface area contributed by atoms with Crippen molar-refractivity contribution in [3.05, 3.63) is 76.8 Å². The van der Waals surface area contributed by atoms with E-state index in [2.05, 4.69) is 9.72 Å². The number of thiazole rings is 1. The molecule has 0 spiro atoms. The summed E-state index contributed by atoms with van der Waals surface area (Å²) in [6.07, 6.45) is 2.96. The minimum Gasteiger partial charge on any atom is -0.497 e. The molecule has 0 atom stereocenters. The van der Waals surface area contributed by atoms with Gasteiger partial charge in [-0.2, -0.15) is 0 Å². The van der Waals surface area contributed by atoms with Gasteiger partial charge in [-0.3, -0.25) is 0 Å². The largest absolute Gasteiger partial charge is 0.497 e. The second-order valence-electron chi connectivity index (χ2n) is 5.93. The molecule has 0 aliphatic rings. The van der Waals surface area contributed by atoms with Gasteiger partial charge in [0, 0.05) is 17.0 Å². The lowest BCUT2D eigenvalue weighted by atomic mass is 10.1. The summed E-state index contributed by atoms with van der Waals surface area (Å²) in [7, 11) is 2.95. The molecule has 1 aromatic heterocycles. The van der Waals surface area contributed by atoms with Gasteiger partial charge in [-0.1, -0.05) is 12.1 Å². The van der Waals surface area contributed by atoms with Crippen molar-refractivity contribution in [3.63, 3.8) is 0 Å². The van der Waals surface area contributed by atoms with Crippen LogP contribution in [0.25, 0.3) is 16.6 Å². The van der Waals surface area contributed by atoms with Gasteiger partial charge in [0.1, 0.15) is 17.4 Å². The molecule has 148 valence electrons. The maximum Gasteiger partial charge on any atom is 0.337 e. The molecule has 0 N–H and O–H groups in total. The molecule has 0 unspecified atom stereocenters. The van der Waals surface area contributed by atoms with Crippen LogP contribution in [0.3, 0.4) is 0 Å². The molecule has 6 nitrogen and oxygen atoms in total. The Balaban J connectivity index is 1.53. The Labute approximate surface area is 172 Å². The monoisotopic (exact) mass is 409 g/mol. The average Bonchev–Trinajstić information content (AvgIpc) is 3.25. The Morgan fingerprint density at radius 2 is 1.76 bits per heavy atom. The van der Waals surface area contributed by atoms with E-state index >= 15 is 0 Å². The SMILES string of the molecule is COC(=O)c1ccc(/C=C/C(=O)OCc2csc(-c3ccc(OC)cc3)n2)cc1. The first-order valence-electron chi connectivity index (χ1n) is 8.71. The molecule has 2 aromatic carbocycles. The van der Waals surface area contributed by atoms with Gasteiger partial charge in [-0.15, -0.1) is 11.3 Å². The van der Waals surface area contributed by atoms with E-state index in [9.17, 15) is 9.59 Å². The maximum absolute atomic E-state index is 11.9. The van der Waals surface area contributed by atoms with Crippen molar-refractivity contribution >= 4 is 29.4 Å². The molecule has 29 heavy (non-hydrogen) atoms. The number of hydrogen-bond donors (Lipinski definition) is 0. The molecular formula is C22H19NO5S. The highest BCUT2D eigenvalue weighted by molar-refractivity contribution is 7.13. The molecule has 0 saturated carbocycles. The van der Waals surface area contributed by atoms with Gasteiger partial charge in [0.15, 0.2) is 0 Å². The Morgan fingerprint density at radius 3 is 2.41 bits per heavy atom. The summed E-state index contributed by atoms with van der Waals surface area (Å²) in [6.45, 7) is 0.0944. The highest BCUT2D eigenvalue weighted by Crippen LogP contribution is 2.26. The molecule has 3 rings (SSSR count). The zero-order valence-electron chi connectivity index (χ0n) is 16.0. The van der Waals surface area contributed by atoms with Crippen molar-refractivity contribution in [2.24, 2.45) is 0 Å². The number of ether oxygens (including phenoxy) is 3.